The molecular weight excluding hydrogens is 444 g/mol. The number of fused-ring (bicyclic) bond motifs is 2. The van der Waals surface area contributed by atoms with E-state index in [2.05, 4.69) is 72.8 Å². The van der Waals surface area contributed by atoms with Crippen LogP contribution in [0.5, 0.6) is 0 Å². The minimum absolute atomic E-state index is 0.00587. The molecule has 180 valence electrons. The molecule has 1 aliphatic carbocycles. The third-order valence-electron chi connectivity index (χ3n) is 8.46. The van der Waals surface area contributed by atoms with Crippen LogP contribution in [-0.2, 0) is 10.2 Å². The Morgan fingerprint density at radius 3 is 2.39 bits per heavy atom. The lowest BCUT2D eigenvalue weighted by Crippen LogP contribution is -2.46. The molecule has 0 radical (unpaired) electrons. The molecule has 2 heterocycles. The molecule has 1 N–H and O–H groups in total. The predicted molar refractivity (Wildman–Crippen MR) is 145 cm³/mol. The van der Waals surface area contributed by atoms with E-state index in [1.807, 2.05) is 49.5 Å². The summed E-state index contributed by atoms with van der Waals surface area (Å²) in [6.07, 6.45) is 2.08. The van der Waals surface area contributed by atoms with Crippen LogP contribution in [0.3, 0.4) is 0 Å². The van der Waals surface area contributed by atoms with Crippen LogP contribution in [0.25, 0.3) is 5.57 Å². The number of carbonyl (C=O) groups excluding carboxylic acids is 1. The van der Waals surface area contributed by atoms with Gasteiger partial charge in [-0.05, 0) is 43.2 Å². The highest BCUT2D eigenvalue weighted by Gasteiger charge is 2.51. The van der Waals surface area contributed by atoms with E-state index >= 15 is 0 Å². The van der Waals surface area contributed by atoms with Crippen LogP contribution >= 0.6 is 0 Å². The molecule has 6 rings (SSSR count). The molecule has 4 nitrogen and oxygen atoms in total. The van der Waals surface area contributed by atoms with Crippen molar-refractivity contribution in [3.8, 4) is 0 Å². The van der Waals surface area contributed by atoms with Crippen molar-refractivity contribution in [3.63, 3.8) is 0 Å². The minimum atomic E-state index is -0.850. The van der Waals surface area contributed by atoms with E-state index < -0.39 is 12.0 Å². The highest BCUT2D eigenvalue weighted by Crippen LogP contribution is 2.51. The summed E-state index contributed by atoms with van der Waals surface area (Å²) in [6.45, 7) is 4.42. The van der Waals surface area contributed by atoms with E-state index in [0.29, 0.717) is 5.57 Å². The Bertz CT molecular complexity index is 1500. The number of aliphatic hydroxyl groups is 1. The van der Waals surface area contributed by atoms with Crippen LogP contribution < -0.4 is 4.90 Å². The van der Waals surface area contributed by atoms with Gasteiger partial charge in [-0.1, -0.05) is 61.5 Å². The van der Waals surface area contributed by atoms with Crippen molar-refractivity contribution in [3.05, 3.63) is 113 Å². The van der Waals surface area contributed by atoms with Crippen molar-refractivity contribution in [1.29, 1.82) is 0 Å². The molecule has 0 amide bonds. The fourth-order valence-corrected chi connectivity index (χ4v) is 6.30. The van der Waals surface area contributed by atoms with Gasteiger partial charge in [0.1, 0.15) is 7.05 Å². The Morgan fingerprint density at radius 2 is 1.67 bits per heavy atom. The molecule has 0 bridgehead atoms. The summed E-state index contributed by atoms with van der Waals surface area (Å²) in [7, 11) is 4.09. The Kier molecular flexibility index (Phi) is 5.13. The molecule has 1 saturated carbocycles. The first-order valence-electron chi connectivity index (χ1n) is 12.7. The van der Waals surface area contributed by atoms with Crippen LogP contribution in [0.4, 0.5) is 11.4 Å². The summed E-state index contributed by atoms with van der Waals surface area (Å²) in [5, 5.41) is 11.5. The second kappa shape index (κ2) is 8.14. The Labute approximate surface area is 212 Å². The van der Waals surface area contributed by atoms with E-state index in [4.69, 9.17) is 0 Å². The van der Waals surface area contributed by atoms with Crippen LogP contribution in [0.2, 0.25) is 0 Å². The van der Waals surface area contributed by atoms with Gasteiger partial charge in [0.2, 0.25) is 11.4 Å². The number of hydrogen-bond donors (Lipinski definition) is 1. The average molecular weight is 476 g/mol. The molecule has 3 aliphatic rings. The van der Waals surface area contributed by atoms with Gasteiger partial charge in [-0.25, -0.2) is 0 Å². The Morgan fingerprint density at radius 1 is 1.00 bits per heavy atom. The van der Waals surface area contributed by atoms with Gasteiger partial charge in [-0.15, -0.1) is 0 Å². The second-order valence-electron chi connectivity index (χ2n) is 10.2. The number of benzene rings is 3. The first-order valence-corrected chi connectivity index (χ1v) is 12.7. The number of aliphatic hydroxyl groups excluding tert-OH is 1. The molecule has 3 aromatic carbocycles. The van der Waals surface area contributed by atoms with E-state index in [1.165, 1.54) is 11.3 Å². The molecule has 3 atom stereocenters. The normalized spacial score (nSPS) is 28.0. The van der Waals surface area contributed by atoms with Crippen molar-refractivity contribution in [2.45, 2.75) is 31.8 Å². The highest BCUT2D eigenvalue weighted by atomic mass is 16.3. The summed E-state index contributed by atoms with van der Waals surface area (Å²) in [5.74, 6) is -0.549. The van der Waals surface area contributed by atoms with Gasteiger partial charge in [-0.3, -0.25) is 4.79 Å². The van der Waals surface area contributed by atoms with Crippen molar-refractivity contribution < 1.29 is 14.5 Å². The number of hydrogen-bond acceptors (Lipinski definition) is 3. The van der Waals surface area contributed by atoms with Gasteiger partial charge >= 0.3 is 0 Å². The van der Waals surface area contributed by atoms with Crippen LogP contribution in [-0.4, -0.2) is 41.4 Å². The number of likely N-dealkylation sites (N-methyl/N-ethyl adjacent to an activating group) is 1. The zero-order chi connectivity index (χ0) is 25.2. The van der Waals surface area contributed by atoms with Crippen LogP contribution in [0, 0.1) is 5.92 Å². The molecule has 0 aromatic heterocycles. The summed E-state index contributed by atoms with van der Waals surface area (Å²) in [5.41, 5.74) is 8.74. The molecule has 4 heteroatoms. The number of nitrogens with zero attached hydrogens (tertiary/aromatic N) is 2. The lowest BCUT2D eigenvalue weighted by atomic mass is 9.69. The van der Waals surface area contributed by atoms with E-state index in [0.717, 1.165) is 40.2 Å². The van der Waals surface area contributed by atoms with Gasteiger partial charge in [0.15, 0.2) is 5.78 Å². The topological polar surface area (TPSA) is 43.6 Å². The maximum Gasteiger partial charge on any atom is 0.221 e. The quantitative estimate of drug-likeness (QED) is 0.403. The maximum atomic E-state index is 13.8. The van der Waals surface area contributed by atoms with Crippen molar-refractivity contribution in [2.75, 3.05) is 19.0 Å². The standard InChI is InChI=1S/C32H31N2O2/c1-5-32(2)23-16-10-12-18-25(23)33(3)26(32)19-22-30(35)28(31(22)36)27-21-15-9-11-17-24(21)34(4)29(27)20-13-7-6-8-14-20/h6-19,22,30,35H,5H2,1-4H3/q+1. The molecule has 3 aromatic rings. The zero-order valence-corrected chi connectivity index (χ0v) is 21.2. The molecule has 36 heavy (non-hydrogen) atoms. The largest absolute Gasteiger partial charge is 0.387 e. The molecular formula is C32H31N2O2+. The number of para-hydroxylation sites is 2. The van der Waals surface area contributed by atoms with Gasteiger partial charge in [0.25, 0.3) is 0 Å². The minimum Gasteiger partial charge on any atom is -0.387 e. The average Bonchev–Trinajstić information content (AvgIpc) is 3.32. The maximum absolute atomic E-state index is 13.8. The number of allylic oxidation sites excluding steroid dienone is 2. The van der Waals surface area contributed by atoms with Crippen molar-refractivity contribution in [1.82, 2.24) is 0 Å². The lowest BCUT2D eigenvalue weighted by Gasteiger charge is -2.36. The number of rotatable bonds is 3. The molecule has 3 unspecified atom stereocenters. The predicted octanol–water partition coefficient (Wildman–Crippen LogP) is 5.48. The SMILES string of the molecule is CCC1(C)C(=CC2C(=O)C(=C3C(c4ccccc4)=[N+](C)c4ccccc43)C2O)N(C)c2ccccc21. The van der Waals surface area contributed by atoms with E-state index in [1.54, 1.807) is 0 Å². The summed E-state index contributed by atoms with van der Waals surface area (Å²) in [4.78, 5) is 16.0. The number of carbonyl (C=O) groups is 1. The monoisotopic (exact) mass is 475 g/mol. The van der Waals surface area contributed by atoms with Gasteiger partial charge in [0.05, 0.1) is 23.2 Å². The van der Waals surface area contributed by atoms with E-state index in [-0.39, 0.29) is 11.2 Å². The van der Waals surface area contributed by atoms with Gasteiger partial charge in [-0.2, -0.15) is 4.58 Å². The summed E-state index contributed by atoms with van der Waals surface area (Å²) in [6, 6.07) is 26.7. The van der Waals surface area contributed by atoms with Crippen LogP contribution in [0.1, 0.15) is 37.0 Å². The fourth-order valence-electron chi connectivity index (χ4n) is 6.30. The molecule has 2 aliphatic heterocycles. The summed E-state index contributed by atoms with van der Waals surface area (Å²) < 4.78 is 2.13. The molecule has 0 spiro atoms. The fraction of sp³-hybridized carbons (Fsp3) is 0.250. The van der Waals surface area contributed by atoms with Gasteiger partial charge in [0, 0.05) is 41.1 Å². The highest BCUT2D eigenvalue weighted by molar-refractivity contribution is 6.37. The number of Topliss-reactive ketones (excluding diaryl/α,β-unsaturated/α-hetero) is 1. The number of ketones is 1. The third-order valence-corrected chi connectivity index (χ3v) is 8.46. The summed E-state index contributed by atoms with van der Waals surface area (Å²) >= 11 is 0. The molecule has 0 saturated heterocycles. The second-order valence-corrected chi connectivity index (χ2v) is 10.2. The van der Waals surface area contributed by atoms with Gasteiger partial charge < -0.3 is 10.0 Å². The number of anilines is 1. The van der Waals surface area contributed by atoms with Crippen LogP contribution in [0.15, 0.2) is 96.2 Å². The van der Waals surface area contributed by atoms with Crippen molar-refractivity contribution in [2.24, 2.45) is 5.92 Å². The van der Waals surface area contributed by atoms with E-state index in [9.17, 15) is 9.90 Å². The Hall–Kier alpha value is -3.76. The first-order chi connectivity index (χ1) is 17.4. The first kappa shape index (κ1) is 22.7. The Balaban J connectivity index is 1.46. The molecule has 1 fully saturated rings. The third kappa shape index (κ3) is 2.97. The van der Waals surface area contributed by atoms with Crippen molar-refractivity contribution >= 4 is 28.4 Å². The lowest BCUT2D eigenvalue weighted by molar-refractivity contribution is -0.400. The zero-order valence-electron chi connectivity index (χ0n) is 21.2. The smallest absolute Gasteiger partial charge is 0.221 e.